The van der Waals surface area contributed by atoms with Crippen molar-refractivity contribution in [3.8, 4) is 10.7 Å². The fourth-order valence-electron chi connectivity index (χ4n) is 4.81. The van der Waals surface area contributed by atoms with Crippen LogP contribution in [0.1, 0.15) is 19.2 Å². The summed E-state index contributed by atoms with van der Waals surface area (Å²) >= 11 is 2.84. The summed E-state index contributed by atoms with van der Waals surface area (Å²) in [7, 11) is -0.174. The van der Waals surface area contributed by atoms with Gasteiger partial charge in [-0.1, -0.05) is 25.6 Å². The van der Waals surface area contributed by atoms with Crippen LogP contribution < -0.4 is 4.31 Å². The maximum Gasteiger partial charge on any atom is 0.273 e. The quantitative estimate of drug-likeness (QED) is 0.231. The summed E-state index contributed by atoms with van der Waals surface area (Å²) in [5.41, 5.74) is 2.19. The van der Waals surface area contributed by atoms with Gasteiger partial charge >= 0.3 is 0 Å². The largest absolute Gasteiger partial charge is 0.380 e. The second-order valence-corrected chi connectivity index (χ2v) is 14.3. The standard InChI is InChI=1S/C28H36N6O4S3.CH4/c1-4-38-15-14-34(41(36,37)26-9-6-16-39-26)24-8-5-7-21-17-23(30-27(21)24)28-29-18-22(40-28)19-32-10-12-33(13-11-32)20-25(35)31(2)3;/h5-9,16-18,30H,4,10-15,19-20H2,1-3H3;1H4. The van der Waals surface area contributed by atoms with Crippen molar-refractivity contribution in [1.82, 2.24) is 24.7 Å². The second kappa shape index (κ2) is 14.1. The molecule has 0 bridgehead atoms. The summed E-state index contributed by atoms with van der Waals surface area (Å²) in [6.45, 7) is 7.72. The number of carbonyl (C=O) groups is 1. The van der Waals surface area contributed by atoms with Crippen LogP contribution in [-0.4, -0.2) is 106 Å². The number of hydrogen-bond donors (Lipinski definition) is 1. The summed E-state index contributed by atoms with van der Waals surface area (Å²) in [6, 6.07) is 11.1. The molecule has 5 rings (SSSR count). The molecule has 1 saturated heterocycles. The Morgan fingerprint density at radius 2 is 1.88 bits per heavy atom. The lowest BCUT2D eigenvalue weighted by Gasteiger charge is -2.34. The number of fused-ring (bicyclic) bond motifs is 1. The predicted molar refractivity (Wildman–Crippen MR) is 172 cm³/mol. The molecule has 0 spiro atoms. The number of ether oxygens (including phenoxy) is 1. The van der Waals surface area contributed by atoms with Crippen LogP contribution in [0.5, 0.6) is 0 Å². The molecule has 0 saturated carbocycles. The number of nitrogens with one attached hydrogen (secondary N) is 1. The third-order valence-electron chi connectivity index (χ3n) is 7.07. The molecule has 4 heterocycles. The Bertz CT molecular complexity index is 1560. The van der Waals surface area contributed by atoms with E-state index in [1.807, 2.05) is 37.4 Å². The Hall–Kier alpha value is -2.81. The van der Waals surface area contributed by atoms with Gasteiger partial charge in [-0.25, -0.2) is 13.4 Å². The predicted octanol–water partition coefficient (Wildman–Crippen LogP) is 4.43. The molecular formula is C29H40N6O4S3. The maximum absolute atomic E-state index is 13.6. The van der Waals surface area contributed by atoms with Gasteiger partial charge in [-0.3, -0.25) is 18.9 Å². The molecular weight excluding hydrogens is 593 g/mol. The summed E-state index contributed by atoms with van der Waals surface area (Å²) < 4.78 is 34.5. The Balaban J connectivity index is 0.00000405. The fourth-order valence-corrected chi connectivity index (χ4v) is 8.30. The van der Waals surface area contributed by atoms with Crippen LogP contribution in [-0.2, 0) is 26.1 Å². The zero-order valence-corrected chi connectivity index (χ0v) is 26.0. The van der Waals surface area contributed by atoms with Gasteiger partial charge < -0.3 is 14.6 Å². The van der Waals surface area contributed by atoms with Crippen molar-refractivity contribution in [2.45, 2.75) is 25.1 Å². The van der Waals surface area contributed by atoms with Gasteiger partial charge in [0, 0.05) is 69.9 Å². The smallest absolute Gasteiger partial charge is 0.273 e. The van der Waals surface area contributed by atoms with Gasteiger partial charge in [0.1, 0.15) is 9.22 Å². The molecule has 42 heavy (non-hydrogen) atoms. The molecule has 0 atom stereocenters. The van der Waals surface area contributed by atoms with Crippen LogP contribution in [0.2, 0.25) is 0 Å². The minimum Gasteiger partial charge on any atom is -0.380 e. The van der Waals surface area contributed by atoms with Crippen molar-refractivity contribution in [2.24, 2.45) is 0 Å². The number of rotatable bonds is 12. The molecule has 1 fully saturated rings. The van der Waals surface area contributed by atoms with Gasteiger partial charge in [0.2, 0.25) is 5.91 Å². The van der Waals surface area contributed by atoms with Crippen LogP contribution in [0, 0.1) is 0 Å². The van der Waals surface area contributed by atoms with Gasteiger partial charge in [-0.2, -0.15) is 0 Å². The number of thiophene rings is 1. The molecule has 1 aliphatic heterocycles. The molecule has 10 nitrogen and oxygen atoms in total. The number of amides is 1. The molecule has 228 valence electrons. The number of H-pyrrole nitrogens is 1. The number of para-hydroxylation sites is 1. The number of piperazine rings is 1. The average molecular weight is 633 g/mol. The van der Waals surface area contributed by atoms with Crippen molar-refractivity contribution < 1.29 is 17.9 Å². The van der Waals surface area contributed by atoms with Crippen LogP contribution >= 0.6 is 22.7 Å². The molecule has 4 aromatic rings. The monoisotopic (exact) mass is 632 g/mol. The number of hydrogen-bond acceptors (Lipinski definition) is 9. The second-order valence-electron chi connectivity index (χ2n) is 10.1. The minimum atomic E-state index is -3.76. The Morgan fingerprint density at radius 1 is 1.12 bits per heavy atom. The lowest BCUT2D eigenvalue weighted by atomic mass is 10.2. The van der Waals surface area contributed by atoms with Gasteiger partial charge in [-0.15, -0.1) is 22.7 Å². The number of thiazole rings is 1. The minimum absolute atomic E-state index is 0. The summed E-state index contributed by atoms with van der Waals surface area (Å²) in [5.74, 6) is 0.133. The summed E-state index contributed by atoms with van der Waals surface area (Å²) in [4.78, 5) is 27.6. The number of anilines is 1. The third kappa shape index (κ3) is 7.21. The van der Waals surface area contributed by atoms with Gasteiger partial charge in [0.05, 0.1) is 36.6 Å². The first kappa shape index (κ1) is 32.1. The zero-order chi connectivity index (χ0) is 29.0. The van der Waals surface area contributed by atoms with E-state index in [0.717, 1.165) is 59.2 Å². The summed E-state index contributed by atoms with van der Waals surface area (Å²) in [6.07, 6.45) is 1.92. The van der Waals surface area contributed by atoms with Gasteiger partial charge in [0.25, 0.3) is 10.0 Å². The number of sulfonamides is 1. The molecule has 0 aliphatic carbocycles. The van der Waals surface area contributed by atoms with E-state index < -0.39 is 10.0 Å². The van der Waals surface area contributed by atoms with E-state index in [-0.39, 0.29) is 19.9 Å². The first-order valence-electron chi connectivity index (χ1n) is 13.6. The highest BCUT2D eigenvalue weighted by atomic mass is 32.2. The normalized spacial score (nSPS) is 14.6. The van der Waals surface area contributed by atoms with E-state index in [1.54, 1.807) is 47.8 Å². The van der Waals surface area contributed by atoms with Crippen LogP contribution in [0.15, 0.2) is 52.2 Å². The molecule has 1 N–H and O–H groups in total. The third-order valence-corrected chi connectivity index (χ3v) is 11.3. The van der Waals surface area contributed by atoms with Crippen molar-refractivity contribution in [1.29, 1.82) is 0 Å². The van der Waals surface area contributed by atoms with Crippen LogP contribution in [0.25, 0.3) is 21.6 Å². The molecule has 0 radical (unpaired) electrons. The molecule has 3 aromatic heterocycles. The highest BCUT2D eigenvalue weighted by molar-refractivity contribution is 7.94. The molecule has 1 aromatic carbocycles. The van der Waals surface area contributed by atoms with Crippen molar-refractivity contribution in [2.75, 3.05) is 70.9 Å². The Kier molecular flexibility index (Phi) is 10.8. The number of benzene rings is 1. The number of aromatic amines is 1. The Morgan fingerprint density at radius 3 is 2.57 bits per heavy atom. The highest BCUT2D eigenvalue weighted by Crippen LogP contribution is 2.35. The molecule has 13 heteroatoms. The van der Waals surface area contributed by atoms with E-state index in [2.05, 4.69) is 14.8 Å². The van der Waals surface area contributed by atoms with Crippen molar-refractivity contribution >= 4 is 55.2 Å². The van der Waals surface area contributed by atoms with E-state index in [1.165, 1.54) is 15.6 Å². The molecule has 0 unspecified atom stereocenters. The topological polar surface area (TPSA) is 102 Å². The molecule has 1 amide bonds. The number of likely N-dealkylation sites (N-methyl/N-ethyl adjacent to an activating group) is 1. The van der Waals surface area contributed by atoms with Gasteiger partial charge in [-0.05, 0) is 30.5 Å². The van der Waals surface area contributed by atoms with Crippen molar-refractivity contribution in [3.05, 3.63) is 52.9 Å². The number of aromatic nitrogens is 2. The first-order valence-corrected chi connectivity index (χ1v) is 16.8. The Labute approximate surface area is 256 Å². The van der Waals surface area contributed by atoms with E-state index in [4.69, 9.17) is 9.72 Å². The SMILES string of the molecule is C.CCOCCN(c1cccc2cc(-c3ncc(CN4CCN(CC(=O)N(C)C)CC4)s3)[nH]c12)S(=O)(=O)c1cccs1. The first-order chi connectivity index (χ1) is 19.8. The molecule has 1 aliphatic rings. The van der Waals surface area contributed by atoms with E-state index in [0.29, 0.717) is 29.7 Å². The van der Waals surface area contributed by atoms with E-state index in [9.17, 15) is 13.2 Å². The maximum atomic E-state index is 13.6. The summed E-state index contributed by atoms with van der Waals surface area (Å²) in [5, 5.41) is 3.55. The van der Waals surface area contributed by atoms with Crippen LogP contribution in [0.3, 0.4) is 0 Å². The highest BCUT2D eigenvalue weighted by Gasteiger charge is 2.28. The van der Waals surface area contributed by atoms with Gasteiger partial charge in [0.15, 0.2) is 0 Å². The van der Waals surface area contributed by atoms with Crippen molar-refractivity contribution in [3.63, 3.8) is 0 Å². The average Bonchev–Trinajstić information content (AvgIpc) is 3.73. The zero-order valence-electron chi connectivity index (χ0n) is 23.6. The number of nitrogens with zero attached hydrogens (tertiary/aromatic N) is 5. The van der Waals surface area contributed by atoms with E-state index >= 15 is 0 Å². The fraction of sp³-hybridized carbons (Fsp3) is 0.448. The number of carbonyl (C=O) groups excluding carboxylic acids is 1. The van der Waals surface area contributed by atoms with Crippen LogP contribution in [0.4, 0.5) is 5.69 Å². The lowest BCUT2D eigenvalue weighted by Crippen LogP contribution is -2.48. The lowest BCUT2D eigenvalue weighted by molar-refractivity contribution is -0.130.